The summed E-state index contributed by atoms with van der Waals surface area (Å²) in [5, 5.41) is 0.781. The number of anilines is 1. The van der Waals surface area contributed by atoms with E-state index in [1.165, 1.54) is 5.56 Å². The molecule has 4 nitrogen and oxygen atoms in total. The lowest BCUT2D eigenvalue weighted by atomic mass is 10.1. The Balaban J connectivity index is 0.00000280. The molecule has 0 radical (unpaired) electrons. The van der Waals surface area contributed by atoms with Gasteiger partial charge in [0.25, 0.3) is 5.91 Å². The van der Waals surface area contributed by atoms with Crippen LogP contribution in [0.1, 0.15) is 33.5 Å². The molecule has 3 aromatic rings. The normalized spacial score (nSPS) is 10.9. The monoisotopic (exact) mass is 417 g/mol. The maximum atomic E-state index is 13.2. The van der Waals surface area contributed by atoms with Gasteiger partial charge in [-0.05, 0) is 77.2 Å². The second-order valence-electron chi connectivity index (χ2n) is 7.40. The van der Waals surface area contributed by atoms with E-state index in [0.717, 1.165) is 39.4 Å². The molecule has 1 amide bonds. The summed E-state index contributed by atoms with van der Waals surface area (Å²) in [5.41, 5.74) is 5.23. The third-order valence-corrected chi connectivity index (χ3v) is 5.61. The Morgan fingerprint density at radius 2 is 1.68 bits per heavy atom. The standard InChI is InChI=1S/C22H27N3OS.ClH/c1-15-7-9-18(10-8-15)21(26)25(12-6-11-24(4)5)22-23-20-17(3)13-16(2)14-19(20)27-22;/h7-10,13-14H,6,11-12H2,1-5H3;1H. The summed E-state index contributed by atoms with van der Waals surface area (Å²) in [6, 6.07) is 12.1. The lowest BCUT2D eigenvalue weighted by molar-refractivity contribution is 0.0986. The number of hydrogen-bond donors (Lipinski definition) is 0. The summed E-state index contributed by atoms with van der Waals surface area (Å²) in [5.74, 6) is 0.0159. The molecule has 0 atom stereocenters. The minimum absolute atomic E-state index is 0. The van der Waals surface area contributed by atoms with Crippen molar-refractivity contribution in [2.24, 2.45) is 0 Å². The largest absolute Gasteiger partial charge is 0.309 e. The van der Waals surface area contributed by atoms with Gasteiger partial charge in [-0.3, -0.25) is 9.69 Å². The number of carbonyl (C=O) groups is 1. The minimum atomic E-state index is 0. The van der Waals surface area contributed by atoms with Crippen molar-refractivity contribution in [2.75, 3.05) is 32.1 Å². The Labute approximate surface area is 177 Å². The van der Waals surface area contributed by atoms with Crippen LogP contribution >= 0.6 is 23.7 Å². The molecule has 0 aliphatic heterocycles. The predicted octanol–water partition coefficient (Wildman–Crippen LogP) is 5.24. The zero-order valence-electron chi connectivity index (χ0n) is 17.2. The molecule has 3 rings (SSSR count). The van der Waals surface area contributed by atoms with Gasteiger partial charge in [0.15, 0.2) is 5.13 Å². The molecule has 2 aromatic carbocycles. The number of halogens is 1. The highest BCUT2D eigenvalue weighted by molar-refractivity contribution is 7.22. The number of fused-ring (bicyclic) bond motifs is 1. The Morgan fingerprint density at radius 3 is 2.32 bits per heavy atom. The van der Waals surface area contributed by atoms with Crippen LogP contribution in [0.5, 0.6) is 0 Å². The summed E-state index contributed by atoms with van der Waals surface area (Å²) in [6.07, 6.45) is 0.901. The summed E-state index contributed by atoms with van der Waals surface area (Å²) in [4.78, 5) is 22.0. The fourth-order valence-corrected chi connectivity index (χ4v) is 4.32. The molecule has 0 unspecified atom stereocenters. The first-order valence-electron chi connectivity index (χ1n) is 9.26. The van der Waals surface area contributed by atoms with Gasteiger partial charge in [-0.2, -0.15) is 0 Å². The van der Waals surface area contributed by atoms with Gasteiger partial charge < -0.3 is 4.90 Å². The topological polar surface area (TPSA) is 36.4 Å². The highest BCUT2D eigenvalue weighted by Gasteiger charge is 2.21. The molecule has 0 N–H and O–H groups in total. The van der Waals surface area contributed by atoms with Gasteiger partial charge in [-0.15, -0.1) is 12.4 Å². The van der Waals surface area contributed by atoms with Gasteiger partial charge in [0.05, 0.1) is 10.2 Å². The molecule has 1 heterocycles. The third-order valence-electron chi connectivity index (χ3n) is 4.58. The highest BCUT2D eigenvalue weighted by atomic mass is 35.5. The molecule has 0 fully saturated rings. The van der Waals surface area contributed by atoms with Crippen molar-refractivity contribution in [2.45, 2.75) is 27.2 Å². The summed E-state index contributed by atoms with van der Waals surface area (Å²) in [6.45, 7) is 7.79. The van der Waals surface area contributed by atoms with E-state index in [1.54, 1.807) is 11.3 Å². The van der Waals surface area contributed by atoms with E-state index < -0.39 is 0 Å². The molecule has 0 spiro atoms. The van der Waals surface area contributed by atoms with Gasteiger partial charge in [0.2, 0.25) is 0 Å². The zero-order valence-corrected chi connectivity index (χ0v) is 18.8. The van der Waals surface area contributed by atoms with Gasteiger partial charge in [-0.1, -0.05) is 35.1 Å². The summed E-state index contributed by atoms with van der Waals surface area (Å²) >= 11 is 1.60. The molecule has 150 valence electrons. The number of benzene rings is 2. The maximum Gasteiger partial charge on any atom is 0.260 e. The van der Waals surface area contributed by atoms with Gasteiger partial charge in [-0.25, -0.2) is 4.98 Å². The Hall–Kier alpha value is -1.95. The molecular weight excluding hydrogens is 390 g/mol. The van der Waals surface area contributed by atoms with E-state index in [2.05, 4.69) is 45.0 Å². The van der Waals surface area contributed by atoms with E-state index in [9.17, 15) is 4.79 Å². The smallest absolute Gasteiger partial charge is 0.260 e. The van der Waals surface area contributed by atoms with Gasteiger partial charge in [0, 0.05) is 12.1 Å². The first-order chi connectivity index (χ1) is 12.8. The number of thiazole rings is 1. The van der Waals surface area contributed by atoms with Crippen molar-refractivity contribution >= 4 is 45.0 Å². The Kier molecular flexibility index (Phi) is 7.58. The first-order valence-corrected chi connectivity index (χ1v) is 10.1. The molecule has 0 bridgehead atoms. The number of carbonyl (C=O) groups excluding carboxylic acids is 1. The van der Waals surface area contributed by atoms with Crippen LogP contribution < -0.4 is 4.90 Å². The van der Waals surface area contributed by atoms with Crippen LogP contribution in [0, 0.1) is 20.8 Å². The number of rotatable bonds is 6. The van der Waals surface area contributed by atoms with Crippen LogP contribution in [-0.4, -0.2) is 43.0 Å². The number of hydrogen-bond acceptors (Lipinski definition) is 4. The molecule has 0 aliphatic carbocycles. The average Bonchev–Trinajstić information content (AvgIpc) is 3.02. The molecule has 0 saturated carbocycles. The maximum absolute atomic E-state index is 13.2. The van der Waals surface area contributed by atoms with E-state index >= 15 is 0 Å². The molecule has 0 saturated heterocycles. The summed E-state index contributed by atoms with van der Waals surface area (Å²) < 4.78 is 1.14. The number of aryl methyl sites for hydroxylation is 3. The number of nitrogens with zero attached hydrogens (tertiary/aromatic N) is 3. The second-order valence-corrected chi connectivity index (χ2v) is 8.41. The Morgan fingerprint density at radius 1 is 1.00 bits per heavy atom. The second kappa shape index (κ2) is 9.50. The molecular formula is C22H28ClN3OS. The van der Waals surface area contributed by atoms with Crippen LogP contribution in [-0.2, 0) is 0 Å². The average molecular weight is 418 g/mol. The first kappa shape index (κ1) is 22.3. The molecule has 0 aliphatic rings. The molecule has 1 aromatic heterocycles. The van der Waals surface area contributed by atoms with E-state index in [0.29, 0.717) is 12.1 Å². The Bertz CT molecular complexity index is 950. The summed E-state index contributed by atoms with van der Waals surface area (Å²) in [7, 11) is 4.10. The van der Waals surface area contributed by atoms with E-state index in [-0.39, 0.29) is 18.3 Å². The van der Waals surface area contributed by atoms with Crippen molar-refractivity contribution in [1.29, 1.82) is 0 Å². The van der Waals surface area contributed by atoms with E-state index in [1.807, 2.05) is 36.1 Å². The molecule has 28 heavy (non-hydrogen) atoms. The van der Waals surface area contributed by atoms with Crippen LogP contribution in [0.4, 0.5) is 5.13 Å². The van der Waals surface area contributed by atoms with Crippen LogP contribution in [0.3, 0.4) is 0 Å². The van der Waals surface area contributed by atoms with Crippen LogP contribution in [0.25, 0.3) is 10.2 Å². The SMILES string of the molecule is Cc1ccc(C(=O)N(CCCN(C)C)c2nc3c(C)cc(C)cc3s2)cc1.Cl. The van der Waals surface area contributed by atoms with Gasteiger partial charge >= 0.3 is 0 Å². The fourth-order valence-electron chi connectivity index (χ4n) is 3.16. The van der Waals surface area contributed by atoms with Crippen molar-refractivity contribution in [3.63, 3.8) is 0 Å². The van der Waals surface area contributed by atoms with Crippen molar-refractivity contribution in [3.05, 3.63) is 58.7 Å². The van der Waals surface area contributed by atoms with Crippen molar-refractivity contribution in [1.82, 2.24) is 9.88 Å². The van der Waals surface area contributed by atoms with E-state index in [4.69, 9.17) is 4.98 Å². The fraction of sp³-hybridized carbons (Fsp3) is 0.364. The third kappa shape index (κ3) is 5.10. The van der Waals surface area contributed by atoms with Crippen LogP contribution in [0.2, 0.25) is 0 Å². The highest BCUT2D eigenvalue weighted by Crippen LogP contribution is 2.32. The van der Waals surface area contributed by atoms with Crippen LogP contribution in [0.15, 0.2) is 36.4 Å². The number of amides is 1. The lowest BCUT2D eigenvalue weighted by Crippen LogP contribution is -2.33. The van der Waals surface area contributed by atoms with Gasteiger partial charge in [0.1, 0.15) is 0 Å². The lowest BCUT2D eigenvalue weighted by Gasteiger charge is -2.21. The van der Waals surface area contributed by atoms with Crippen molar-refractivity contribution in [3.8, 4) is 0 Å². The minimum Gasteiger partial charge on any atom is -0.309 e. The zero-order chi connectivity index (χ0) is 19.6. The predicted molar refractivity (Wildman–Crippen MR) is 122 cm³/mol. The quantitative estimate of drug-likeness (QED) is 0.550. The number of aromatic nitrogens is 1. The van der Waals surface area contributed by atoms with Crippen molar-refractivity contribution < 1.29 is 4.79 Å². The molecule has 6 heteroatoms.